The van der Waals surface area contributed by atoms with Crippen LogP contribution < -0.4 is 5.32 Å². The molecule has 0 unspecified atom stereocenters. The predicted molar refractivity (Wildman–Crippen MR) is 76.9 cm³/mol. The van der Waals surface area contributed by atoms with Crippen molar-refractivity contribution in [2.45, 2.75) is 6.54 Å². The second-order valence-electron chi connectivity index (χ2n) is 4.28. The molecule has 0 fully saturated rings. The molecule has 0 aliphatic carbocycles. The van der Waals surface area contributed by atoms with Gasteiger partial charge in [0.1, 0.15) is 5.65 Å². The summed E-state index contributed by atoms with van der Waals surface area (Å²) in [4.78, 5) is 4.53. The standard InChI is InChI=1S/C16H13N3/c1-2-13-6-5-7-14(10-13)17-11-15-12-19-9-4-3-8-16(19)18-15/h1,3-10,12,17H,11H2. The van der Waals surface area contributed by atoms with Gasteiger partial charge in [-0.2, -0.15) is 0 Å². The second kappa shape index (κ2) is 4.87. The zero-order valence-corrected chi connectivity index (χ0v) is 10.4. The van der Waals surface area contributed by atoms with Crippen LogP contribution in [-0.2, 0) is 6.54 Å². The van der Waals surface area contributed by atoms with Gasteiger partial charge in [-0.3, -0.25) is 0 Å². The van der Waals surface area contributed by atoms with Gasteiger partial charge in [-0.25, -0.2) is 4.98 Å². The maximum atomic E-state index is 5.38. The summed E-state index contributed by atoms with van der Waals surface area (Å²) in [5.74, 6) is 2.63. The summed E-state index contributed by atoms with van der Waals surface area (Å²) in [5.41, 5.74) is 3.83. The topological polar surface area (TPSA) is 29.3 Å². The third kappa shape index (κ3) is 2.43. The summed E-state index contributed by atoms with van der Waals surface area (Å²) >= 11 is 0. The molecule has 3 heteroatoms. The van der Waals surface area contributed by atoms with Gasteiger partial charge in [-0.1, -0.05) is 18.1 Å². The van der Waals surface area contributed by atoms with Gasteiger partial charge in [0.15, 0.2) is 0 Å². The minimum atomic E-state index is 0.676. The van der Waals surface area contributed by atoms with Crippen LogP contribution in [-0.4, -0.2) is 9.38 Å². The van der Waals surface area contributed by atoms with Crippen molar-refractivity contribution in [1.29, 1.82) is 0 Å². The highest BCUT2D eigenvalue weighted by molar-refractivity contribution is 5.50. The summed E-state index contributed by atoms with van der Waals surface area (Å²) in [7, 11) is 0. The fourth-order valence-corrected chi connectivity index (χ4v) is 1.98. The Morgan fingerprint density at radius 3 is 3.00 bits per heavy atom. The van der Waals surface area contributed by atoms with Crippen LogP contribution in [0.4, 0.5) is 5.69 Å². The van der Waals surface area contributed by atoms with E-state index in [1.807, 2.05) is 59.3 Å². The SMILES string of the molecule is C#Cc1cccc(NCc2cn3ccccc3n2)c1. The Morgan fingerprint density at radius 2 is 2.16 bits per heavy atom. The number of hydrogen-bond acceptors (Lipinski definition) is 2. The lowest BCUT2D eigenvalue weighted by Gasteiger charge is -2.04. The molecule has 0 saturated heterocycles. The van der Waals surface area contributed by atoms with E-state index in [0.717, 1.165) is 22.6 Å². The molecule has 0 saturated carbocycles. The summed E-state index contributed by atoms with van der Waals surface area (Å²) < 4.78 is 2.01. The summed E-state index contributed by atoms with van der Waals surface area (Å²) in [6, 6.07) is 13.8. The molecule has 92 valence electrons. The fourth-order valence-electron chi connectivity index (χ4n) is 1.98. The van der Waals surface area contributed by atoms with Crippen LogP contribution in [0, 0.1) is 12.3 Å². The second-order valence-corrected chi connectivity index (χ2v) is 4.28. The number of imidazole rings is 1. The number of benzene rings is 1. The van der Waals surface area contributed by atoms with Crippen molar-refractivity contribution in [3.63, 3.8) is 0 Å². The maximum Gasteiger partial charge on any atom is 0.137 e. The monoisotopic (exact) mass is 247 g/mol. The van der Waals surface area contributed by atoms with Gasteiger partial charge >= 0.3 is 0 Å². The average molecular weight is 247 g/mol. The highest BCUT2D eigenvalue weighted by atomic mass is 15.0. The lowest BCUT2D eigenvalue weighted by molar-refractivity contribution is 1.08. The summed E-state index contributed by atoms with van der Waals surface area (Å²) in [6.07, 6.45) is 9.40. The molecule has 3 rings (SSSR count). The average Bonchev–Trinajstić information content (AvgIpc) is 2.88. The van der Waals surface area contributed by atoms with Crippen LogP contribution in [0.2, 0.25) is 0 Å². The third-order valence-electron chi connectivity index (χ3n) is 2.92. The number of anilines is 1. The first kappa shape index (κ1) is 11.4. The van der Waals surface area contributed by atoms with Crippen molar-refractivity contribution >= 4 is 11.3 Å². The third-order valence-corrected chi connectivity index (χ3v) is 2.92. The van der Waals surface area contributed by atoms with E-state index < -0.39 is 0 Å². The van der Waals surface area contributed by atoms with Gasteiger partial charge in [-0.05, 0) is 30.3 Å². The van der Waals surface area contributed by atoms with E-state index in [0.29, 0.717) is 6.54 Å². The molecule has 3 aromatic rings. The minimum Gasteiger partial charge on any atom is -0.379 e. The molecule has 0 amide bonds. The number of rotatable bonds is 3. The van der Waals surface area contributed by atoms with E-state index in [1.165, 1.54) is 0 Å². The Balaban J connectivity index is 1.76. The quantitative estimate of drug-likeness (QED) is 0.721. The van der Waals surface area contributed by atoms with Crippen LogP contribution in [0.25, 0.3) is 5.65 Å². The number of terminal acetylenes is 1. The first-order chi connectivity index (χ1) is 9.35. The van der Waals surface area contributed by atoms with Crippen molar-refractivity contribution in [3.8, 4) is 12.3 Å². The van der Waals surface area contributed by atoms with Gasteiger partial charge < -0.3 is 9.72 Å². The van der Waals surface area contributed by atoms with Crippen molar-refractivity contribution in [3.05, 3.63) is 66.1 Å². The lowest BCUT2D eigenvalue weighted by Crippen LogP contribution is -1.99. The molecule has 19 heavy (non-hydrogen) atoms. The zero-order chi connectivity index (χ0) is 13.1. The lowest BCUT2D eigenvalue weighted by atomic mass is 10.2. The van der Waals surface area contributed by atoms with E-state index in [9.17, 15) is 0 Å². The van der Waals surface area contributed by atoms with Gasteiger partial charge in [-0.15, -0.1) is 6.42 Å². The Hall–Kier alpha value is -2.73. The summed E-state index contributed by atoms with van der Waals surface area (Å²) in [5, 5.41) is 3.33. The molecule has 0 aliphatic rings. The fraction of sp³-hybridized carbons (Fsp3) is 0.0625. The molecular formula is C16H13N3. The molecule has 3 nitrogen and oxygen atoms in total. The Morgan fingerprint density at radius 1 is 1.21 bits per heavy atom. The highest BCUT2D eigenvalue weighted by Crippen LogP contribution is 2.12. The highest BCUT2D eigenvalue weighted by Gasteiger charge is 2.00. The van der Waals surface area contributed by atoms with Gasteiger partial charge in [0.05, 0.1) is 12.2 Å². The maximum absolute atomic E-state index is 5.38. The molecule has 2 heterocycles. The number of aromatic nitrogens is 2. The molecule has 0 radical (unpaired) electrons. The normalized spacial score (nSPS) is 10.3. The molecule has 2 aromatic heterocycles. The van der Waals surface area contributed by atoms with E-state index in [1.54, 1.807) is 0 Å². The van der Waals surface area contributed by atoms with Gasteiger partial charge in [0.2, 0.25) is 0 Å². The first-order valence-electron chi connectivity index (χ1n) is 6.08. The van der Waals surface area contributed by atoms with Crippen LogP contribution in [0.5, 0.6) is 0 Å². The smallest absolute Gasteiger partial charge is 0.137 e. The number of hydrogen-bond donors (Lipinski definition) is 1. The Kier molecular flexibility index (Phi) is 2.91. The van der Waals surface area contributed by atoms with Crippen molar-refractivity contribution in [2.24, 2.45) is 0 Å². The summed E-state index contributed by atoms with van der Waals surface area (Å²) in [6.45, 7) is 0.676. The molecule has 0 bridgehead atoms. The van der Waals surface area contributed by atoms with E-state index >= 15 is 0 Å². The first-order valence-corrected chi connectivity index (χ1v) is 6.08. The van der Waals surface area contributed by atoms with E-state index in [-0.39, 0.29) is 0 Å². The number of nitrogens with one attached hydrogen (secondary N) is 1. The number of nitrogens with zero attached hydrogens (tertiary/aromatic N) is 2. The van der Waals surface area contributed by atoms with Crippen LogP contribution in [0.15, 0.2) is 54.9 Å². The minimum absolute atomic E-state index is 0.676. The van der Waals surface area contributed by atoms with Crippen LogP contribution in [0.3, 0.4) is 0 Å². The van der Waals surface area contributed by atoms with Crippen LogP contribution >= 0.6 is 0 Å². The van der Waals surface area contributed by atoms with Crippen molar-refractivity contribution < 1.29 is 0 Å². The van der Waals surface area contributed by atoms with Crippen LogP contribution in [0.1, 0.15) is 11.3 Å². The van der Waals surface area contributed by atoms with Crippen molar-refractivity contribution in [1.82, 2.24) is 9.38 Å². The van der Waals surface area contributed by atoms with Gasteiger partial charge in [0, 0.05) is 23.6 Å². The van der Waals surface area contributed by atoms with Crippen molar-refractivity contribution in [2.75, 3.05) is 5.32 Å². The zero-order valence-electron chi connectivity index (χ0n) is 10.4. The largest absolute Gasteiger partial charge is 0.379 e. The Labute approximate surface area is 111 Å². The molecule has 0 spiro atoms. The van der Waals surface area contributed by atoms with E-state index in [4.69, 9.17) is 6.42 Å². The van der Waals surface area contributed by atoms with Gasteiger partial charge in [0.25, 0.3) is 0 Å². The number of pyridine rings is 1. The molecule has 0 aliphatic heterocycles. The van der Waals surface area contributed by atoms with E-state index in [2.05, 4.69) is 16.2 Å². The Bertz CT molecular complexity index is 717. The molecular weight excluding hydrogens is 234 g/mol. The number of fused-ring (bicyclic) bond motifs is 1. The molecule has 1 N–H and O–H groups in total. The predicted octanol–water partition coefficient (Wildman–Crippen LogP) is 2.93. The molecule has 1 aromatic carbocycles. The molecule has 0 atom stereocenters.